The molecule has 0 aliphatic heterocycles. The lowest BCUT2D eigenvalue weighted by Gasteiger charge is -1.95. The normalized spacial score (nSPS) is 10.7. The van der Waals surface area contributed by atoms with Crippen molar-refractivity contribution in [2.75, 3.05) is 0 Å². The zero-order valence-electron chi connectivity index (χ0n) is 5.97. The molecular weight excluding hydrogens is 206 g/mol. The molecule has 1 heterocycles. The van der Waals surface area contributed by atoms with Crippen LogP contribution < -0.4 is 0 Å². The van der Waals surface area contributed by atoms with E-state index in [0.717, 1.165) is 15.4 Å². The van der Waals surface area contributed by atoms with Gasteiger partial charge in [-0.15, -0.1) is 0 Å². The highest BCUT2D eigenvalue weighted by Gasteiger charge is 2.03. The monoisotopic (exact) mass is 211 g/mol. The van der Waals surface area contributed by atoms with Gasteiger partial charge in [0.2, 0.25) is 0 Å². The summed E-state index contributed by atoms with van der Waals surface area (Å²) in [6, 6.07) is 3.86. The summed E-state index contributed by atoms with van der Waals surface area (Å²) < 4.78 is 6.07. The maximum absolute atomic E-state index is 4.98. The second-order valence-electron chi connectivity index (χ2n) is 2.41. The molecule has 11 heavy (non-hydrogen) atoms. The number of fused-ring (bicyclic) bond motifs is 1. The highest BCUT2D eigenvalue weighted by Crippen LogP contribution is 2.24. The van der Waals surface area contributed by atoms with Gasteiger partial charge >= 0.3 is 0 Å². The van der Waals surface area contributed by atoms with E-state index in [9.17, 15) is 0 Å². The van der Waals surface area contributed by atoms with Gasteiger partial charge in [0, 0.05) is 9.86 Å². The highest BCUT2D eigenvalue weighted by atomic mass is 79.9. The van der Waals surface area contributed by atoms with Crippen LogP contribution in [0.25, 0.3) is 11.0 Å². The molecule has 0 bridgehead atoms. The quantitative estimate of drug-likeness (QED) is 0.670. The van der Waals surface area contributed by atoms with E-state index in [1.165, 1.54) is 5.56 Å². The first-order valence-corrected chi connectivity index (χ1v) is 4.08. The van der Waals surface area contributed by atoms with Crippen LogP contribution in [0.15, 0.2) is 27.3 Å². The van der Waals surface area contributed by atoms with Crippen LogP contribution >= 0.6 is 15.9 Å². The fraction of sp³-hybridized carbons (Fsp3) is 0.125. The third kappa shape index (κ3) is 0.959. The van der Waals surface area contributed by atoms with Gasteiger partial charge in [0.05, 0.1) is 6.20 Å². The lowest BCUT2D eigenvalue weighted by molar-refractivity contribution is 0.456. The Morgan fingerprint density at radius 2 is 2.27 bits per heavy atom. The predicted molar refractivity (Wildman–Crippen MR) is 46.4 cm³/mol. The number of aryl methyl sites for hydroxylation is 1. The van der Waals surface area contributed by atoms with Gasteiger partial charge in [0.1, 0.15) is 0 Å². The molecule has 0 saturated carbocycles. The van der Waals surface area contributed by atoms with E-state index in [0.29, 0.717) is 0 Å². The van der Waals surface area contributed by atoms with E-state index in [2.05, 4.69) is 21.1 Å². The van der Waals surface area contributed by atoms with Gasteiger partial charge in [0.15, 0.2) is 5.58 Å². The first kappa shape index (κ1) is 6.85. The topological polar surface area (TPSA) is 26.0 Å². The third-order valence-electron chi connectivity index (χ3n) is 1.74. The molecule has 2 nitrogen and oxygen atoms in total. The maximum atomic E-state index is 4.98. The number of rotatable bonds is 0. The molecule has 0 saturated heterocycles. The minimum Gasteiger partial charge on any atom is -0.356 e. The summed E-state index contributed by atoms with van der Waals surface area (Å²) in [5, 5.41) is 4.78. The number of halogens is 1. The van der Waals surface area contributed by atoms with Crippen molar-refractivity contribution in [3.63, 3.8) is 0 Å². The summed E-state index contributed by atoms with van der Waals surface area (Å²) in [5.41, 5.74) is 2.01. The van der Waals surface area contributed by atoms with Crippen molar-refractivity contribution in [1.29, 1.82) is 0 Å². The van der Waals surface area contributed by atoms with Crippen molar-refractivity contribution in [3.8, 4) is 0 Å². The van der Waals surface area contributed by atoms with Gasteiger partial charge < -0.3 is 4.52 Å². The summed E-state index contributed by atoms with van der Waals surface area (Å²) in [7, 11) is 0. The fourth-order valence-electron chi connectivity index (χ4n) is 1.05. The molecule has 3 heteroatoms. The molecule has 0 N–H and O–H groups in total. The SMILES string of the molecule is Cc1c(Br)ccc2oncc12. The fourth-order valence-corrected chi connectivity index (χ4v) is 1.40. The Kier molecular flexibility index (Phi) is 1.46. The molecule has 0 aliphatic rings. The molecule has 0 radical (unpaired) electrons. The summed E-state index contributed by atoms with van der Waals surface area (Å²) in [5.74, 6) is 0. The third-order valence-corrected chi connectivity index (χ3v) is 2.60. The molecule has 1 aromatic carbocycles. The van der Waals surface area contributed by atoms with E-state index in [4.69, 9.17) is 4.52 Å². The molecule has 0 fully saturated rings. The van der Waals surface area contributed by atoms with Crippen molar-refractivity contribution >= 4 is 26.9 Å². The van der Waals surface area contributed by atoms with E-state index in [-0.39, 0.29) is 0 Å². The Morgan fingerprint density at radius 1 is 1.45 bits per heavy atom. The largest absolute Gasteiger partial charge is 0.356 e. The van der Waals surface area contributed by atoms with E-state index < -0.39 is 0 Å². The first-order valence-electron chi connectivity index (χ1n) is 3.28. The average molecular weight is 212 g/mol. The minimum atomic E-state index is 0.839. The molecule has 2 rings (SSSR count). The van der Waals surface area contributed by atoms with Gasteiger partial charge in [-0.25, -0.2) is 0 Å². The molecule has 0 atom stereocenters. The molecule has 56 valence electrons. The van der Waals surface area contributed by atoms with Gasteiger partial charge in [-0.05, 0) is 24.6 Å². The second kappa shape index (κ2) is 2.34. The number of hydrogen-bond donors (Lipinski definition) is 0. The minimum absolute atomic E-state index is 0.839. The van der Waals surface area contributed by atoms with Crippen molar-refractivity contribution < 1.29 is 4.52 Å². The van der Waals surface area contributed by atoms with Crippen molar-refractivity contribution in [3.05, 3.63) is 28.4 Å². The Labute approximate surface area is 72.3 Å². The lowest BCUT2D eigenvalue weighted by Crippen LogP contribution is -1.74. The lowest BCUT2D eigenvalue weighted by atomic mass is 10.2. The van der Waals surface area contributed by atoms with E-state index in [1.807, 2.05) is 19.1 Å². The summed E-state index contributed by atoms with van der Waals surface area (Å²) >= 11 is 3.43. The van der Waals surface area contributed by atoms with Crippen molar-refractivity contribution in [2.45, 2.75) is 6.92 Å². The summed E-state index contributed by atoms with van der Waals surface area (Å²) in [6.45, 7) is 2.03. The molecule has 1 aromatic heterocycles. The van der Waals surface area contributed by atoms with Crippen molar-refractivity contribution in [2.24, 2.45) is 0 Å². The van der Waals surface area contributed by atoms with Gasteiger partial charge in [0.25, 0.3) is 0 Å². The van der Waals surface area contributed by atoms with Crippen LogP contribution in [0, 0.1) is 6.92 Å². The number of nitrogens with zero attached hydrogens (tertiary/aromatic N) is 1. The number of benzene rings is 1. The Hall–Kier alpha value is -0.830. The van der Waals surface area contributed by atoms with Crippen molar-refractivity contribution in [1.82, 2.24) is 5.16 Å². The molecular formula is C8H6BrNO. The zero-order valence-corrected chi connectivity index (χ0v) is 7.55. The van der Waals surface area contributed by atoms with Crippen LogP contribution in [-0.4, -0.2) is 5.16 Å². The molecule has 0 unspecified atom stereocenters. The van der Waals surface area contributed by atoms with Crippen LogP contribution in [-0.2, 0) is 0 Å². The number of hydrogen-bond acceptors (Lipinski definition) is 2. The predicted octanol–water partition coefficient (Wildman–Crippen LogP) is 2.90. The summed E-state index contributed by atoms with van der Waals surface area (Å²) in [6.07, 6.45) is 1.73. The van der Waals surface area contributed by atoms with Crippen LogP contribution in [0.5, 0.6) is 0 Å². The van der Waals surface area contributed by atoms with E-state index in [1.54, 1.807) is 6.20 Å². The molecule has 2 aromatic rings. The summed E-state index contributed by atoms with van der Waals surface area (Å²) in [4.78, 5) is 0. The van der Waals surface area contributed by atoms with Crippen LogP contribution in [0.1, 0.15) is 5.56 Å². The Morgan fingerprint density at radius 3 is 3.09 bits per heavy atom. The van der Waals surface area contributed by atoms with Gasteiger partial charge in [-0.3, -0.25) is 0 Å². The standard InChI is InChI=1S/C8H6BrNO/c1-5-6-4-10-11-8(6)3-2-7(5)9/h2-4H,1H3. The van der Waals surface area contributed by atoms with Crippen LogP contribution in [0.4, 0.5) is 0 Å². The first-order chi connectivity index (χ1) is 5.29. The molecule has 0 aliphatic carbocycles. The maximum Gasteiger partial charge on any atom is 0.167 e. The number of aromatic nitrogens is 1. The average Bonchev–Trinajstić information content (AvgIpc) is 2.45. The highest BCUT2D eigenvalue weighted by molar-refractivity contribution is 9.10. The Balaban J connectivity index is 2.93. The Bertz CT molecular complexity index is 394. The van der Waals surface area contributed by atoms with Gasteiger partial charge in [-0.2, -0.15) is 0 Å². The second-order valence-corrected chi connectivity index (χ2v) is 3.26. The zero-order chi connectivity index (χ0) is 7.84. The van der Waals surface area contributed by atoms with Gasteiger partial charge in [-0.1, -0.05) is 21.1 Å². The van der Waals surface area contributed by atoms with Crippen LogP contribution in [0.2, 0.25) is 0 Å². The smallest absolute Gasteiger partial charge is 0.167 e. The van der Waals surface area contributed by atoms with Crippen LogP contribution in [0.3, 0.4) is 0 Å². The molecule has 0 spiro atoms. The molecule has 0 amide bonds. The van der Waals surface area contributed by atoms with E-state index >= 15 is 0 Å².